The fourth-order valence-corrected chi connectivity index (χ4v) is 4.56. The van der Waals surface area contributed by atoms with Crippen molar-refractivity contribution in [1.82, 2.24) is 24.9 Å². The van der Waals surface area contributed by atoms with Crippen molar-refractivity contribution in [3.8, 4) is 22.8 Å². The molecule has 0 N–H and O–H groups in total. The first-order valence-electron chi connectivity index (χ1n) is 15.9. The van der Waals surface area contributed by atoms with E-state index in [0.717, 1.165) is 0 Å². The van der Waals surface area contributed by atoms with Gasteiger partial charge in [0.2, 0.25) is 11.6 Å². The SMILES string of the molecule is FC(F)(F)C(F)(F)C(F)(F)C(F)(F)c1cc(C(F)(F)C(F)(F)C(F)(F)C(F)(F)F)nc(-c2ccc(-c3nc(C(F)(F)C(F)(F)C(F)(F)C(F)(F)F)nc(C(F)(F)C(F)(F)C(F)(F)C(F)(F)F)n3)cc2)n1. The van der Waals surface area contributed by atoms with E-state index in [9.17, 15) is 158 Å². The maximum absolute atomic E-state index is 14.9. The standard InChI is InChI=1S/C29H5F36N5/c30-14(31,18(38,39)22(46,47)26(54,55)56)8-5-9(15(32,33)19(40,41)23(48,49)27(57,58)59)67-10(66-8)6-1-3-7(4-2-6)11-68-12(16(34,35)20(42,43)24(50,51)28(60,61)62)70-13(69-11)17(36,37)21(44,45)25(52,53)29(63,64)65/h1-5H. The summed E-state index contributed by atoms with van der Waals surface area (Å²) in [7, 11) is 0. The third kappa shape index (κ3) is 8.41. The lowest BCUT2D eigenvalue weighted by Gasteiger charge is -2.35. The minimum Gasteiger partial charge on any atom is -0.226 e. The zero-order valence-corrected chi connectivity index (χ0v) is 30.7. The Kier molecular flexibility index (Phi) is 13.6. The maximum Gasteiger partial charge on any atom is 0.460 e. The van der Waals surface area contributed by atoms with Gasteiger partial charge in [-0.15, -0.1) is 0 Å². The molecule has 0 radical (unpaired) electrons. The zero-order valence-electron chi connectivity index (χ0n) is 30.7. The summed E-state index contributed by atoms with van der Waals surface area (Å²) in [6.07, 6.45) is -31.5. The normalized spacial score (nSPS) is 15.7. The summed E-state index contributed by atoms with van der Waals surface area (Å²) in [5.41, 5.74) is -11.8. The molecule has 398 valence electrons. The smallest absolute Gasteiger partial charge is 0.226 e. The Balaban J connectivity index is 2.54. The van der Waals surface area contributed by atoms with Gasteiger partial charge >= 0.3 is 95.8 Å². The first-order chi connectivity index (χ1) is 30.4. The predicted octanol–water partition coefficient (Wildman–Crippen LogP) is 13.7. The number of hydrogen-bond donors (Lipinski definition) is 0. The van der Waals surface area contributed by atoms with Gasteiger partial charge < -0.3 is 0 Å². The van der Waals surface area contributed by atoms with Gasteiger partial charge in [0.15, 0.2) is 11.6 Å². The molecule has 0 unspecified atom stereocenters. The molecular formula is C29H5F36N5. The van der Waals surface area contributed by atoms with Gasteiger partial charge in [0.1, 0.15) is 11.4 Å². The van der Waals surface area contributed by atoms with Crippen LogP contribution in [-0.2, 0) is 23.7 Å². The van der Waals surface area contributed by atoms with Crippen molar-refractivity contribution < 1.29 is 158 Å². The molecule has 0 bridgehead atoms. The van der Waals surface area contributed by atoms with Crippen LogP contribution >= 0.6 is 0 Å². The molecule has 1 aromatic carbocycles. The molecule has 0 fully saturated rings. The third-order valence-electron chi connectivity index (χ3n) is 8.55. The van der Waals surface area contributed by atoms with Crippen molar-refractivity contribution in [3.05, 3.63) is 53.4 Å². The Morgan fingerprint density at radius 1 is 0.229 bits per heavy atom. The molecular weight excluding hydrogens is 1100 g/mol. The van der Waals surface area contributed by atoms with Gasteiger partial charge in [0.05, 0.1) is 0 Å². The third-order valence-corrected chi connectivity index (χ3v) is 8.55. The van der Waals surface area contributed by atoms with Crippen LogP contribution in [0, 0.1) is 0 Å². The minimum atomic E-state index is -8.21. The van der Waals surface area contributed by atoms with E-state index in [4.69, 9.17) is 0 Å². The Morgan fingerprint density at radius 3 is 0.643 bits per heavy atom. The van der Waals surface area contributed by atoms with E-state index in [-0.39, 0.29) is 0 Å². The van der Waals surface area contributed by atoms with Crippen molar-refractivity contribution in [2.45, 2.75) is 95.8 Å². The molecule has 3 aromatic rings. The highest BCUT2D eigenvalue weighted by molar-refractivity contribution is 5.63. The van der Waals surface area contributed by atoms with E-state index >= 15 is 0 Å². The van der Waals surface area contributed by atoms with Crippen LogP contribution in [0.5, 0.6) is 0 Å². The first-order valence-corrected chi connectivity index (χ1v) is 15.9. The van der Waals surface area contributed by atoms with Crippen molar-refractivity contribution in [1.29, 1.82) is 0 Å². The first kappa shape index (κ1) is 59.1. The summed E-state index contributed by atoms with van der Waals surface area (Å²) in [4.78, 5) is 9.11. The Hall–Kier alpha value is -5.21. The maximum atomic E-state index is 14.9. The van der Waals surface area contributed by atoms with Gasteiger partial charge in [-0.25, -0.2) is 24.9 Å². The average molecular weight is 1110 g/mol. The van der Waals surface area contributed by atoms with Gasteiger partial charge in [-0.2, -0.15) is 158 Å². The number of aromatic nitrogens is 5. The molecule has 0 amide bonds. The molecule has 0 aliphatic carbocycles. The lowest BCUT2D eigenvalue weighted by atomic mass is 9.96. The molecule has 0 atom stereocenters. The molecule has 0 aliphatic rings. The van der Waals surface area contributed by atoms with Crippen LogP contribution in [0.3, 0.4) is 0 Å². The molecule has 2 heterocycles. The Morgan fingerprint density at radius 2 is 0.429 bits per heavy atom. The fraction of sp³-hybridized carbons (Fsp3) is 0.552. The van der Waals surface area contributed by atoms with E-state index in [0.29, 0.717) is 0 Å². The van der Waals surface area contributed by atoms with Crippen LogP contribution in [0.25, 0.3) is 22.8 Å². The predicted molar refractivity (Wildman–Crippen MR) is 146 cm³/mol. The van der Waals surface area contributed by atoms with Crippen LogP contribution < -0.4 is 0 Å². The van der Waals surface area contributed by atoms with Crippen LogP contribution in [0.1, 0.15) is 23.0 Å². The van der Waals surface area contributed by atoms with E-state index in [1.54, 1.807) is 0 Å². The number of halogens is 36. The topological polar surface area (TPSA) is 64.5 Å². The van der Waals surface area contributed by atoms with E-state index in [1.807, 2.05) is 19.9 Å². The summed E-state index contributed by atoms with van der Waals surface area (Å²) in [5, 5.41) is 0. The summed E-state index contributed by atoms with van der Waals surface area (Å²) in [6, 6.07) is -4.15. The summed E-state index contributed by atoms with van der Waals surface area (Å²) < 4.78 is 494. The Bertz CT molecular complexity index is 2100. The van der Waals surface area contributed by atoms with Gasteiger partial charge in [-0.1, -0.05) is 24.3 Å². The second-order valence-electron chi connectivity index (χ2n) is 13.2. The molecule has 70 heavy (non-hydrogen) atoms. The highest BCUT2D eigenvalue weighted by Gasteiger charge is 2.87. The lowest BCUT2D eigenvalue weighted by molar-refractivity contribution is -0.402. The van der Waals surface area contributed by atoms with Crippen molar-refractivity contribution in [2.24, 2.45) is 0 Å². The van der Waals surface area contributed by atoms with E-state index < -0.39 is 172 Å². The monoisotopic (exact) mass is 1110 g/mol. The van der Waals surface area contributed by atoms with E-state index in [2.05, 4.69) is 0 Å². The summed E-state index contributed by atoms with van der Waals surface area (Å²) >= 11 is 0. The molecule has 0 aliphatic heterocycles. The quantitative estimate of drug-likeness (QED) is 0.151. The second-order valence-corrected chi connectivity index (χ2v) is 13.2. The van der Waals surface area contributed by atoms with Crippen LogP contribution in [0.2, 0.25) is 0 Å². The molecule has 2 aromatic heterocycles. The molecule has 0 saturated heterocycles. The minimum absolute atomic E-state index is 0.530. The van der Waals surface area contributed by atoms with Crippen LogP contribution in [-0.4, -0.2) is 97.0 Å². The molecule has 5 nitrogen and oxygen atoms in total. The molecule has 0 spiro atoms. The zero-order chi connectivity index (χ0) is 55.7. The number of nitrogens with zero attached hydrogens (tertiary/aromatic N) is 5. The van der Waals surface area contributed by atoms with Gasteiger partial charge in [0.25, 0.3) is 0 Å². The van der Waals surface area contributed by atoms with Gasteiger partial charge in [-0.05, 0) is 6.07 Å². The van der Waals surface area contributed by atoms with Crippen LogP contribution in [0.15, 0.2) is 30.3 Å². The van der Waals surface area contributed by atoms with Crippen molar-refractivity contribution in [3.63, 3.8) is 0 Å². The van der Waals surface area contributed by atoms with Crippen LogP contribution in [0.4, 0.5) is 158 Å². The number of alkyl halides is 36. The highest BCUT2D eigenvalue weighted by atomic mass is 19.5. The Labute approximate surface area is 355 Å². The van der Waals surface area contributed by atoms with Gasteiger partial charge in [-0.3, -0.25) is 0 Å². The average Bonchev–Trinajstić information content (AvgIpc) is 3.18. The van der Waals surface area contributed by atoms with Crippen molar-refractivity contribution >= 4 is 0 Å². The van der Waals surface area contributed by atoms with Crippen molar-refractivity contribution in [2.75, 3.05) is 0 Å². The number of hydrogen-bond acceptors (Lipinski definition) is 5. The van der Waals surface area contributed by atoms with E-state index in [1.165, 1.54) is 4.98 Å². The summed E-state index contributed by atoms with van der Waals surface area (Å²) in [6.45, 7) is 0. The lowest BCUT2D eigenvalue weighted by Crippen LogP contribution is -2.61. The molecule has 0 saturated carbocycles. The summed E-state index contributed by atoms with van der Waals surface area (Å²) in [5.74, 6) is -110. The second kappa shape index (κ2) is 16.2. The molecule has 41 heteroatoms. The highest BCUT2D eigenvalue weighted by Crippen LogP contribution is 2.61. The molecule has 3 rings (SSSR count). The largest absolute Gasteiger partial charge is 0.460 e. The number of rotatable bonds is 14. The van der Waals surface area contributed by atoms with Gasteiger partial charge in [0, 0.05) is 11.1 Å². The fourth-order valence-electron chi connectivity index (χ4n) is 4.56. The number of benzene rings is 1.